The van der Waals surface area contributed by atoms with Crippen molar-refractivity contribution in [3.05, 3.63) is 42.0 Å². The summed E-state index contributed by atoms with van der Waals surface area (Å²) in [7, 11) is 0. The number of carbonyl (C=O) groups is 2. The topological polar surface area (TPSA) is 52.6 Å². The van der Waals surface area contributed by atoms with Gasteiger partial charge in [0, 0.05) is 6.08 Å². The average Bonchev–Trinajstić information content (AvgIpc) is 2.51. The molecule has 0 spiro atoms. The molecule has 0 saturated carbocycles. The molecule has 1 atom stereocenters. The Kier molecular flexibility index (Phi) is 7.01. The number of esters is 2. The summed E-state index contributed by atoms with van der Waals surface area (Å²) in [4.78, 5) is 24.0. The van der Waals surface area contributed by atoms with Crippen LogP contribution < -0.4 is 0 Å². The molecule has 23 heavy (non-hydrogen) atoms. The Balaban J connectivity index is 2.59. The van der Waals surface area contributed by atoms with Gasteiger partial charge in [-0.15, -0.1) is 0 Å². The van der Waals surface area contributed by atoms with Crippen molar-refractivity contribution >= 4 is 18.0 Å². The van der Waals surface area contributed by atoms with Gasteiger partial charge in [-0.2, -0.15) is 0 Å². The van der Waals surface area contributed by atoms with E-state index < -0.39 is 17.5 Å². The molecule has 0 bridgehead atoms. The molecule has 4 heteroatoms. The van der Waals surface area contributed by atoms with Crippen LogP contribution in [0.4, 0.5) is 0 Å². The normalized spacial score (nSPS) is 13.1. The molecule has 0 fully saturated rings. The molecule has 0 amide bonds. The van der Waals surface area contributed by atoms with Crippen molar-refractivity contribution in [3.8, 4) is 0 Å². The lowest BCUT2D eigenvalue weighted by Gasteiger charge is -2.29. The molecule has 0 saturated heterocycles. The molecule has 0 aliphatic rings. The van der Waals surface area contributed by atoms with E-state index in [1.165, 1.54) is 6.08 Å². The van der Waals surface area contributed by atoms with Crippen LogP contribution in [-0.4, -0.2) is 24.6 Å². The monoisotopic (exact) mass is 318 g/mol. The molecule has 0 heterocycles. The maximum absolute atomic E-state index is 12.1. The summed E-state index contributed by atoms with van der Waals surface area (Å²) in [5.74, 6) is -0.578. The minimum atomic E-state index is -0.898. The molecule has 1 aromatic carbocycles. The zero-order valence-electron chi connectivity index (χ0n) is 14.5. The maximum Gasteiger partial charge on any atom is 0.331 e. The Hall–Kier alpha value is -2.10. The predicted molar refractivity (Wildman–Crippen MR) is 90.6 cm³/mol. The van der Waals surface area contributed by atoms with Gasteiger partial charge in [-0.05, 0) is 38.3 Å². The summed E-state index contributed by atoms with van der Waals surface area (Å²) in [5.41, 5.74) is 0.0122. The van der Waals surface area contributed by atoms with Gasteiger partial charge < -0.3 is 9.47 Å². The molecular weight excluding hydrogens is 292 g/mol. The summed E-state index contributed by atoms with van der Waals surface area (Å²) in [6.07, 6.45) is 2.45. The van der Waals surface area contributed by atoms with Crippen LogP contribution in [0.1, 0.15) is 40.2 Å². The Labute approximate surface area is 138 Å². The van der Waals surface area contributed by atoms with Gasteiger partial charge in [0.15, 0.2) is 0 Å². The highest BCUT2D eigenvalue weighted by Gasteiger charge is 2.38. The Bertz CT molecular complexity index is 544. The van der Waals surface area contributed by atoms with E-state index in [1.807, 2.05) is 44.2 Å². The number of ether oxygens (including phenoxy) is 2. The largest absolute Gasteiger partial charge is 0.465 e. The molecule has 1 aromatic rings. The number of benzene rings is 1. The van der Waals surface area contributed by atoms with Gasteiger partial charge >= 0.3 is 11.9 Å². The van der Waals surface area contributed by atoms with Gasteiger partial charge in [0.05, 0.1) is 12.0 Å². The van der Waals surface area contributed by atoms with Crippen molar-refractivity contribution in [3.63, 3.8) is 0 Å². The zero-order chi connectivity index (χ0) is 17.5. The van der Waals surface area contributed by atoms with E-state index in [0.717, 1.165) is 5.56 Å². The molecular formula is C19H26O4. The van der Waals surface area contributed by atoms with E-state index in [0.29, 0.717) is 6.61 Å². The van der Waals surface area contributed by atoms with Crippen molar-refractivity contribution in [1.82, 2.24) is 0 Å². The highest BCUT2D eigenvalue weighted by molar-refractivity contribution is 5.87. The molecule has 0 N–H and O–H groups in total. The molecule has 1 unspecified atom stereocenters. The molecule has 126 valence electrons. The van der Waals surface area contributed by atoms with Gasteiger partial charge in [0.2, 0.25) is 0 Å². The number of rotatable bonds is 7. The third kappa shape index (κ3) is 6.27. The van der Waals surface area contributed by atoms with Crippen molar-refractivity contribution in [2.24, 2.45) is 11.3 Å². The average molecular weight is 318 g/mol. The highest BCUT2D eigenvalue weighted by atomic mass is 16.6. The lowest BCUT2D eigenvalue weighted by molar-refractivity contribution is -0.167. The van der Waals surface area contributed by atoms with Crippen LogP contribution in [0.15, 0.2) is 36.4 Å². The van der Waals surface area contributed by atoms with Gasteiger partial charge in [-0.3, -0.25) is 4.79 Å². The molecule has 4 nitrogen and oxygen atoms in total. The lowest BCUT2D eigenvalue weighted by Crippen LogP contribution is -2.39. The second-order valence-electron chi connectivity index (χ2n) is 6.54. The fourth-order valence-electron chi connectivity index (χ4n) is 1.68. The van der Waals surface area contributed by atoms with E-state index >= 15 is 0 Å². The van der Waals surface area contributed by atoms with Crippen LogP contribution in [0.3, 0.4) is 0 Å². The van der Waals surface area contributed by atoms with Crippen LogP contribution in [0.25, 0.3) is 6.08 Å². The number of hydrogen-bond acceptors (Lipinski definition) is 4. The third-order valence-corrected chi connectivity index (χ3v) is 3.59. The van der Waals surface area contributed by atoms with Crippen LogP contribution in [0.2, 0.25) is 0 Å². The smallest absolute Gasteiger partial charge is 0.331 e. The van der Waals surface area contributed by atoms with Crippen LogP contribution >= 0.6 is 0 Å². The van der Waals surface area contributed by atoms with Crippen LogP contribution in [-0.2, 0) is 19.1 Å². The van der Waals surface area contributed by atoms with Crippen molar-refractivity contribution in [1.29, 1.82) is 0 Å². The Morgan fingerprint density at radius 2 is 1.74 bits per heavy atom. The molecule has 1 rings (SSSR count). The van der Waals surface area contributed by atoms with Crippen molar-refractivity contribution in [2.45, 2.75) is 40.7 Å². The van der Waals surface area contributed by atoms with Gasteiger partial charge in [0.1, 0.15) is 6.10 Å². The summed E-state index contributed by atoms with van der Waals surface area (Å²) in [6.45, 7) is 9.43. The second kappa shape index (κ2) is 8.51. The predicted octanol–water partition coefficient (Wildman–Crippen LogP) is 3.86. The SMILES string of the molecule is CC(C)COC(=O)C(C)(C)C(C)OC(=O)C=Cc1ccccc1. The first kappa shape index (κ1) is 18.9. The van der Waals surface area contributed by atoms with Gasteiger partial charge in [0.25, 0.3) is 0 Å². The zero-order valence-corrected chi connectivity index (χ0v) is 14.5. The fraction of sp³-hybridized carbons (Fsp3) is 0.474. The van der Waals surface area contributed by atoms with E-state index in [-0.39, 0.29) is 11.9 Å². The van der Waals surface area contributed by atoms with Crippen molar-refractivity contribution in [2.75, 3.05) is 6.61 Å². The second-order valence-corrected chi connectivity index (χ2v) is 6.54. The van der Waals surface area contributed by atoms with Gasteiger partial charge in [-0.1, -0.05) is 44.2 Å². The molecule has 0 aliphatic carbocycles. The summed E-state index contributed by atoms with van der Waals surface area (Å²) >= 11 is 0. The Morgan fingerprint density at radius 3 is 2.30 bits per heavy atom. The lowest BCUT2D eigenvalue weighted by atomic mass is 9.87. The van der Waals surface area contributed by atoms with Crippen LogP contribution in [0, 0.1) is 11.3 Å². The van der Waals surface area contributed by atoms with E-state index in [2.05, 4.69) is 0 Å². The minimum Gasteiger partial charge on any atom is -0.465 e. The minimum absolute atomic E-state index is 0.265. The standard InChI is InChI=1S/C19H26O4/c1-14(2)13-22-18(21)19(4,5)15(3)23-17(20)12-11-16-9-7-6-8-10-16/h6-12,14-15H,13H2,1-5H3. The van der Waals surface area contributed by atoms with Crippen LogP contribution in [0.5, 0.6) is 0 Å². The first-order chi connectivity index (χ1) is 10.7. The first-order valence-electron chi connectivity index (χ1n) is 7.84. The summed E-state index contributed by atoms with van der Waals surface area (Å²) in [5, 5.41) is 0. The van der Waals surface area contributed by atoms with E-state index in [1.54, 1.807) is 26.8 Å². The maximum atomic E-state index is 12.1. The first-order valence-corrected chi connectivity index (χ1v) is 7.84. The summed E-state index contributed by atoms with van der Waals surface area (Å²) < 4.78 is 10.6. The highest BCUT2D eigenvalue weighted by Crippen LogP contribution is 2.25. The van der Waals surface area contributed by atoms with Crippen molar-refractivity contribution < 1.29 is 19.1 Å². The number of carbonyl (C=O) groups excluding carboxylic acids is 2. The molecule has 0 aliphatic heterocycles. The molecule has 0 aromatic heterocycles. The fourth-order valence-corrected chi connectivity index (χ4v) is 1.68. The van der Waals surface area contributed by atoms with Gasteiger partial charge in [-0.25, -0.2) is 4.79 Å². The Morgan fingerprint density at radius 1 is 1.13 bits per heavy atom. The number of hydrogen-bond donors (Lipinski definition) is 0. The molecule has 0 radical (unpaired) electrons. The van der Waals surface area contributed by atoms with E-state index in [4.69, 9.17) is 9.47 Å². The van der Waals surface area contributed by atoms with E-state index in [9.17, 15) is 9.59 Å². The third-order valence-electron chi connectivity index (χ3n) is 3.59. The quantitative estimate of drug-likeness (QED) is 0.566. The summed E-state index contributed by atoms with van der Waals surface area (Å²) in [6, 6.07) is 9.47.